The highest BCUT2D eigenvalue weighted by Crippen LogP contribution is 2.20. The summed E-state index contributed by atoms with van der Waals surface area (Å²) < 4.78 is 5.86. The van der Waals surface area contributed by atoms with E-state index in [1.807, 2.05) is 36.4 Å². The smallest absolute Gasteiger partial charge is 0.317 e. The number of halogens is 1. The van der Waals surface area contributed by atoms with Gasteiger partial charge >= 0.3 is 6.03 Å². The Morgan fingerprint density at radius 3 is 2.67 bits per heavy atom. The van der Waals surface area contributed by atoms with Crippen LogP contribution in [-0.2, 0) is 24.3 Å². The topological polar surface area (TPSA) is 41.6 Å². The van der Waals surface area contributed by atoms with E-state index < -0.39 is 0 Å². The van der Waals surface area contributed by atoms with Gasteiger partial charge in [0.2, 0.25) is 0 Å². The zero-order valence-electron chi connectivity index (χ0n) is 13.7. The van der Waals surface area contributed by atoms with Gasteiger partial charge in [-0.2, -0.15) is 0 Å². The Morgan fingerprint density at radius 1 is 1.21 bits per heavy atom. The lowest BCUT2D eigenvalue weighted by atomic mass is 9.99. The first-order valence-corrected chi connectivity index (χ1v) is 8.41. The molecule has 0 aliphatic carbocycles. The maximum absolute atomic E-state index is 12.2. The first-order chi connectivity index (χ1) is 11.6. The summed E-state index contributed by atoms with van der Waals surface area (Å²) in [5.74, 6) is 0. The van der Waals surface area contributed by atoms with Gasteiger partial charge in [-0.15, -0.1) is 0 Å². The standard InChI is InChI=1S/C19H21ClN2O2/c1-22(19(23)21-11-14-6-8-17(20)9-7-14)12-18-10-15-4-2-3-5-16(15)13-24-18/h2-9,18H,10-13H2,1H3,(H,21,23). The summed E-state index contributed by atoms with van der Waals surface area (Å²) in [5.41, 5.74) is 3.57. The molecule has 0 saturated carbocycles. The first-order valence-electron chi connectivity index (χ1n) is 8.03. The summed E-state index contributed by atoms with van der Waals surface area (Å²) in [4.78, 5) is 13.9. The number of rotatable bonds is 4. The van der Waals surface area contributed by atoms with Crippen molar-refractivity contribution in [3.63, 3.8) is 0 Å². The lowest BCUT2D eigenvalue weighted by Crippen LogP contribution is -2.43. The molecule has 5 heteroatoms. The van der Waals surface area contributed by atoms with Crippen LogP contribution in [0.2, 0.25) is 5.02 Å². The predicted molar refractivity (Wildman–Crippen MR) is 95.0 cm³/mol. The second-order valence-electron chi connectivity index (χ2n) is 6.07. The van der Waals surface area contributed by atoms with Gasteiger partial charge in [0.05, 0.1) is 12.7 Å². The molecule has 3 rings (SSSR count). The second kappa shape index (κ2) is 7.69. The van der Waals surface area contributed by atoms with Gasteiger partial charge in [0, 0.05) is 31.6 Å². The minimum atomic E-state index is -0.104. The molecule has 4 nitrogen and oxygen atoms in total. The first kappa shape index (κ1) is 16.8. The summed E-state index contributed by atoms with van der Waals surface area (Å²) >= 11 is 5.86. The van der Waals surface area contributed by atoms with Gasteiger partial charge in [-0.05, 0) is 28.8 Å². The number of hydrogen-bond acceptors (Lipinski definition) is 2. The molecule has 0 spiro atoms. The average molecular weight is 345 g/mol. The normalized spacial score (nSPS) is 16.3. The van der Waals surface area contributed by atoms with Crippen LogP contribution in [0, 0.1) is 0 Å². The maximum Gasteiger partial charge on any atom is 0.317 e. The Bertz CT molecular complexity index is 703. The summed E-state index contributed by atoms with van der Waals surface area (Å²) in [7, 11) is 1.79. The van der Waals surface area contributed by atoms with E-state index in [-0.39, 0.29) is 12.1 Å². The van der Waals surface area contributed by atoms with Crippen LogP contribution in [0.15, 0.2) is 48.5 Å². The van der Waals surface area contributed by atoms with Crippen molar-refractivity contribution in [1.82, 2.24) is 10.2 Å². The largest absolute Gasteiger partial charge is 0.371 e. The van der Waals surface area contributed by atoms with Crippen LogP contribution in [0.1, 0.15) is 16.7 Å². The Labute approximate surface area is 147 Å². The molecule has 24 heavy (non-hydrogen) atoms. The number of hydrogen-bond donors (Lipinski definition) is 1. The van der Waals surface area contributed by atoms with E-state index in [1.54, 1.807) is 11.9 Å². The molecule has 1 aliphatic rings. The number of fused-ring (bicyclic) bond motifs is 1. The molecule has 1 heterocycles. The third kappa shape index (κ3) is 4.28. The van der Waals surface area contributed by atoms with Crippen molar-refractivity contribution in [3.8, 4) is 0 Å². The Hall–Kier alpha value is -2.04. The maximum atomic E-state index is 12.2. The number of carbonyl (C=O) groups is 1. The molecule has 1 atom stereocenters. The fourth-order valence-corrected chi connectivity index (χ4v) is 2.96. The van der Waals surface area contributed by atoms with Gasteiger partial charge in [0.1, 0.15) is 0 Å². The monoisotopic (exact) mass is 344 g/mol. The lowest BCUT2D eigenvalue weighted by Gasteiger charge is -2.29. The highest BCUT2D eigenvalue weighted by Gasteiger charge is 2.21. The van der Waals surface area contributed by atoms with Crippen LogP contribution >= 0.6 is 11.6 Å². The quantitative estimate of drug-likeness (QED) is 0.920. The van der Waals surface area contributed by atoms with E-state index in [1.165, 1.54) is 11.1 Å². The Kier molecular flexibility index (Phi) is 5.38. The number of benzene rings is 2. The zero-order chi connectivity index (χ0) is 16.9. The van der Waals surface area contributed by atoms with Crippen molar-refractivity contribution in [1.29, 1.82) is 0 Å². The Balaban J connectivity index is 1.49. The van der Waals surface area contributed by atoms with Crippen LogP contribution in [-0.4, -0.2) is 30.6 Å². The molecular formula is C19H21ClN2O2. The number of likely N-dealkylation sites (N-methyl/N-ethyl adjacent to an activating group) is 1. The van der Waals surface area contributed by atoms with Gasteiger partial charge in [-0.25, -0.2) is 4.79 Å². The molecule has 0 fully saturated rings. The SMILES string of the molecule is CN(CC1Cc2ccccc2CO1)C(=O)NCc1ccc(Cl)cc1. The second-order valence-corrected chi connectivity index (χ2v) is 6.51. The summed E-state index contributed by atoms with van der Waals surface area (Å²) in [5, 5.41) is 3.61. The molecular weight excluding hydrogens is 324 g/mol. The molecule has 0 bridgehead atoms. The summed E-state index contributed by atoms with van der Waals surface area (Å²) in [6.07, 6.45) is 0.872. The van der Waals surface area contributed by atoms with Crippen LogP contribution in [0.5, 0.6) is 0 Å². The molecule has 1 aliphatic heterocycles. The van der Waals surface area contributed by atoms with Gasteiger partial charge in [-0.3, -0.25) is 0 Å². The van der Waals surface area contributed by atoms with E-state index >= 15 is 0 Å². The fourth-order valence-electron chi connectivity index (χ4n) is 2.83. The van der Waals surface area contributed by atoms with E-state index in [9.17, 15) is 4.79 Å². The molecule has 2 aromatic carbocycles. The lowest BCUT2D eigenvalue weighted by molar-refractivity contribution is 0.0150. The zero-order valence-corrected chi connectivity index (χ0v) is 14.4. The molecule has 0 radical (unpaired) electrons. The minimum Gasteiger partial charge on any atom is -0.371 e. The number of nitrogens with one attached hydrogen (secondary N) is 1. The van der Waals surface area contributed by atoms with E-state index in [2.05, 4.69) is 17.4 Å². The minimum absolute atomic E-state index is 0.0335. The molecule has 0 aromatic heterocycles. The highest BCUT2D eigenvalue weighted by molar-refractivity contribution is 6.30. The van der Waals surface area contributed by atoms with E-state index in [0.29, 0.717) is 24.7 Å². The molecule has 0 saturated heterocycles. The van der Waals surface area contributed by atoms with Gasteiger partial charge in [0.25, 0.3) is 0 Å². The van der Waals surface area contributed by atoms with Crippen molar-refractivity contribution in [2.75, 3.05) is 13.6 Å². The number of carbonyl (C=O) groups excluding carboxylic acids is 1. The predicted octanol–water partition coefficient (Wildman–Crippen LogP) is 3.62. The van der Waals surface area contributed by atoms with E-state index in [0.717, 1.165) is 12.0 Å². The molecule has 2 aromatic rings. The van der Waals surface area contributed by atoms with Crippen molar-refractivity contribution in [2.24, 2.45) is 0 Å². The van der Waals surface area contributed by atoms with Gasteiger partial charge < -0.3 is 15.0 Å². The Morgan fingerprint density at radius 2 is 1.92 bits per heavy atom. The number of amides is 2. The van der Waals surface area contributed by atoms with Crippen LogP contribution in [0.25, 0.3) is 0 Å². The average Bonchev–Trinajstić information content (AvgIpc) is 2.61. The van der Waals surface area contributed by atoms with Crippen molar-refractivity contribution < 1.29 is 9.53 Å². The van der Waals surface area contributed by atoms with Crippen LogP contribution < -0.4 is 5.32 Å². The van der Waals surface area contributed by atoms with Crippen LogP contribution in [0.3, 0.4) is 0 Å². The van der Waals surface area contributed by atoms with Crippen molar-refractivity contribution in [2.45, 2.75) is 25.7 Å². The van der Waals surface area contributed by atoms with Crippen molar-refractivity contribution >= 4 is 17.6 Å². The molecule has 126 valence electrons. The van der Waals surface area contributed by atoms with E-state index in [4.69, 9.17) is 16.3 Å². The third-order valence-electron chi connectivity index (χ3n) is 4.22. The van der Waals surface area contributed by atoms with Crippen LogP contribution in [0.4, 0.5) is 4.79 Å². The highest BCUT2D eigenvalue weighted by atomic mass is 35.5. The van der Waals surface area contributed by atoms with Gasteiger partial charge in [0.15, 0.2) is 0 Å². The number of urea groups is 1. The molecule has 2 amide bonds. The van der Waals surface area contributed by atoms with Gasteiger partial charge in [-0.1, -0.05) is 48.0 Å². The summed E-state index contributed by atoms with van der Waals surface area (Å²) in [6, 6.07) is 15.6. The number of nitrogens with zero attached hydrogens (tertiary/aromatic N) is 1. The molecule has 1 unspecified atom stereocenters. The number of ether oxygens (including phenoxy) is 1. The summed E-state index contributed by atoms with van der Waals surface area (Å²) in [6.45, 7) is 1.66. The third-order valence-corrected chi connectivity index (χ3v) is 4.47. The fraction of sp³-hybridized carbons (Fsp3) is 0.316. The molecule has 1 N–H and O–H groups in total. The van der Waals surface area contributed by atoms with Crippen molar-refractivity contribution in [3.05, 3.63) is 70.2 Å².